The molecule has 5 heteroatoms. The summed E-state index contributed by atoms with van der Waals surface area (Å²) in [6, 6.07) is 13.3. The molecule has 0 bridgehead atoms. The van der Waals surface area contributed by atoms with Gasteiger partial charge in [0, 0.05) is 42.7 Å². The molecule has 2 aliphatic rings. The Morgan fingerprint density at radius 3 is 2.37 bits per heavy atom. The zero-order valence-corrected chi connectivity index (χ0v) is 15.1. The van der Waals surface area contributed by atoms with Crippen LogP contribution in [0.4, 0.5) is 5.69 Å². The van der Waals surface area contributed by atoms with Gasteiger partial charge in [0.15, 0.2) is 0 Å². The van der Waals surface area contributed by atoms with Gasteiger partial charge in [0.1, 0.15) is 12.4 Å². The van der Waals surface area contributed by atoms with Crippen molar-refractivity contribution < 1.29 is 4.74 Å². The van der Waals surface area contributed by atoms with Gasteiger partial charge in [-0.15, -0.1) is 0 Å². The Bertz CT molecular complexity index is 929. The standard InChI is InChI=1S/C22H22N4O/c1-2-4-17-14-26(13-16(17)3-1)21-7-18(9-23-11-21)19-8-22(12-24-10-19)27-15-20-5-6-25-20/h1-4,7-12,20,25H,5-6,13-15H2/t20-/m0/s1. The van der Waals surface area contributed by atoms with E-state index in [4.69, 9.17) is 4.74 Å². The fraction of sp³-hybridized carbons (Fsp3) is 0.273. The molecule has 5 rings (SSSR count). The molecule has 0 saturated carbocycles. The molecule has 0 unspecified atom stereocenters. The summed E-state index contributed by atoms with van der Waals surface area (Å²) in [5.41, 5.74) is 6.01. The van der Waals surface area contributed by atoms with Crippen LogP contribution in [0.5, 0.6) is 5.75 Å². The van der Waals surface area contributed by atoms with E-state index in [0.29, 0.717) is 12.6 Å². The molecule has 1 aromatic carbocycles. The third-order valence-electron chi connectivity index (χ3n) is 5.35. The van der Waals surface area contributed by atoms with Crippen LogP contribution in [0.2, 0.25) is 0 Å². The molecule has 0 aliphatic carbocycles. The quantitative estimate of drug-likeness (QED) is 0.757. The van der Waals surface area contributed by atoms with Crippen LogP contribution in [-0.4, -0.2) is 29.2 Å². The zero-order valence-electron chi connectivity index (χ0n) is 15.1. The molecule has 1 N–H and O–H groups in total. The molecule has 1 saturated heterocycles. The average Bonchev–Trinajstić information content (AvgIpc) is 3.11. The number of anilines is 1. The SMILES string of the molecule is c1ccc2c(c1)CN(c1cncc(-c3cncc(OC[C@@H]4CCN4)c3)c1)C2. The van der Waals surface area contributed by atoms with Gasteiger partial charge in [-0.05, 0) is 36.2 Å². The summed E-state index contributed by atoms with van der Waals surface area (Å²) in [4.78, 5) is 11.2. The van der Waals surface area contributed by atoms with E-state index in [1.165, 1.54) is 17.5 Å². The maximum absolute atomic E-state index is 5.89. The molecule has 0 radical (unpaired) electrons. The first-order valence-electron chi connectivity index (χ1n) is 9.43. The predicted molar refractivity (Wildman–Crippen MR) is 106 cm³/mol. The van der Waals surface area contributed by atoms with Gasteiger partial charge in [0.25, 0.3) is 0 Å². The highest BCUT2D eigenvalue weighted by Crippen LogP contribution is 2.31. The van der Waals surface area contributed by atoms with Crippen LogP contribution in [0.15, 0.2) is 61.2 Å². The Labute approximate surface area is 159 Å². The number of aromatic nitrogens is 2. The normalized spacial score (nSPS) is 18.1. The van der Waals surface area contributed by atoms with Gasteiger partial charge < -0.3 is 15.0 Å². The number of nitrogens with zero attached hydrogens (tertiary/aromatic N) is 3. The van der Waals surface area contributed by atoms with Crippen molar-refractivity contribution in [1.82, 2.24) is 15.3 Å². The summed E-state index contributed by atoms with van der Waals surface area (Å²) >= 11 is 0. The number of pyridine rings is 2. The predicted octanol–water partition coefficient (Wildman–Crippen LogP) is 3.40. The van der Waals surface area contributed by atoms with Gasteiger partial charge in [-0.3, -0.25) is 9.97 Å². The molecule has 3 aromatic rings. The van der Waals surface area contributed by atoms with Crippen LogP contribution in [-0.2, 0) is 13.1 Å². The first kappa shape index (κ1) is 16.3. The van der Waals surface area contributed by atoms with E-state index < -0.39 is 0 Å². The van der Waals surface area contributed by atoms with E-state index in [1.807, 2.05) is 24.7 Å². The maximum Gasteiger partial charge on any atom is 0.138 e. The maximum atomic E-state index is 5.89. The number of rotatable bonds is 5. The monoisotopic (exact) mass is 358 g/mol. The lowest BCUT2D eigenvalue weighted by Crippen LogP contribution is -2.46. The van der Waals surface area contributed by atoms with Crippen LogP contribution < -0.4 is 15.0 Å². The third-order valence-corrected chi connectivity index (χ3v) is 5.35. The Morgan fingerprint density at radius 1 is 0.963 bits per heavy atom. The van der Waals surface area contributed by atoms with Gasteiger partial charge in [-0.25, -0.2) is 0 Å². The van der Waals surface area contributed by atoms with E-state index in [0.717, 1.165) is 42.2 Å². The fourth-order valence-corrected chi connectivity index (χ4v) is 3.62. The second kappa shape index (κ2) is 7.00. The number of hydrogen-bond acceptors (Lipinski definition) is 5. The number of ether oxygens (including phenoxy) is 1. The Hall–Kier alpha value is -2.92. The van der Waals surface area contributed by atoms with Crippen molar-refractivity contribution in [2.45, 2.75) is 25.6 Å². The molecule has 4 heterocycles. The van der Waals surface area contributed by atoms with Crippen LogP contribution in [0.1, 0.15) is 17.5 Å². The lowest BCUT2D eigenvalue weighted by molar-refractivity contribution is 0.217. The molecule has 27 heavy (non-hydrogen) atoms. The molecule has 136 valence electrons. The lowest BCUT2D eigenvalue weighted by Gasteiger charge is -2.27. The minimum atomic E-state index is 0.468. The van der Waals surface area contributed by atoms with Gasteiger partial charge in [0.05, 0.1) is 18.1 Å². The van der Waals surface area contributed by atoms with Crippen molar-refractivity contribution in [1.29, 1.82) is 0 Å². The second-order valence-electron chi connectivity index (χ2n) is 7.22. The van der Waals surface area contributed by atoms with Crippen molar-refractivity contribution in [3.63, 3.8) is 0 Å². The third kappa shape index (κ3) is 3.38. The molecule has 1 atom stereocenters. The van der Waals surface area contributed by atoms with Gasteiger partial charge in [-0.1, -0.05) is 24.3 Å². The summed E-state index contributed by atoms with van der Waals surface area (Å²) in [6.07, 6.45) is 8.65. The summed E-state index contributed by atoms with van der Waals surface area (Å²) in [6.45, 7) is 3.63. The highest BCUT2D eigenvalue weighted by molar-refractivity contribution is 5.68. The lowest BCUT2D eigenvalue weighted by atomic mass is 10.1. The topological polar surface area (TPSA) is 50.3 Å². The highest BCUT2D eigenvalue weighted by Gasteiger charge is 2.19. The van der Waals surface area contributed by atoms with Crippen LogP contribution in [0.25, 0.3) is 11.1 Å². The first-order chi connectivity index (χ1) is 13.3. The number of fused-ring (bicyclic) bond motifs is 1. The zero-order chi connectivity index (χ0) is 18.1. The van der Waals surface area contributed by atoms with Crippen molar-refractivity contribution in [2.75, 3.05) is 18.1 Å². The Balaban J connectivity index is 1.35. The molecule has 0 spiro atoms. The largest absolute Gasteiger partial charge is 0.490 e. The number of nitrogens with one attached hydrogen (secondary N) is 1. The molecule has 5 nitrogen and oxygen atoms in total. The van der Waals surface area contributed by atoms with E-state index in [-0.39, 0.29) is 0 Å². The van der Waals surface area contributed by atoms with Gasteiger partial charge in [-0.2, -0.15) is 0 Å². The van der Waals surface area contributed by atoms with E-state index in [1.54, 1.807) is 6.20 Å². The molecule has 2 aliphatic heterocycles. The van der Waals surface area contributed by atoms with Gasteiger partial charge in [0.2, 0.25) is 0 Å². The summed E-state index contributed by atoms with van der Waals surface area (Å²) in [5, 5.41) is 3.35. The molecular formula is C22H22N4O. The molecule has 1 fully saturated rings. The average molecular weight is 358 g/mol. The Kier molecular flexibility index (Phi) is 4.22. The smallest absolute Gasteiger partial charge is 0.138 e. The minimum absolute atomic E-state index is 0.468. The summed E-state index contributed by atoms with van der Waals surface area (Å²) in [5.74, 6) is 0.806. The second-order valence-corrected chi connectivity index (χ2v) is 7.22. The molecule has 2 aromatic heterocycles. The van der Waals surface area contributed by atoms with Crippen molar-refractivity contribution in [3.8, 4) is 16.9 Å². The van der Waals surface area contributed by atoms with Crippen LogP contribution >= 0.6 is 0 Å². The summed E-state index contributed by atoms with van der Waals surface area (Å²) in [7, 11) is 0. The van der Waals surface area contributed by atoms with Gasteiger partial charge >= 0.3 is 0 Å². The molecule has 0 amide bonds. The van der Waals surface area contributed by atoms with E-state index in [2.05, 4.69) is 50.5 Å². The first-order valence-corrected chi connectivity index (χ1v) is 9.43. The number of hydrogen-bond donors (Lipinski definition) is 1. The fourth-order valence-electron chi connectivity index (χ4n) is 3.62. The van der Waals surface area contributed by atoms with Crippen molar-refractivity contribution in [3.05, 3.63) is 72.3 Å². The van der Waals surface area contributed by atoms with Crippen LogP contribution in [0, 0.1) is 0 Å². The van der Waals surface area contributed by atoms with Crippen molar-refractivity contribution >= 4 is 5.69 Å². The minimum Gasteiger partial charge on any atom is -0.490 e. The number of benzene rings is 1. The molecular weight excluding hydrogens is 336 g/mol. The van der Waals surface area contributed by atoms with Crippen molar-refractivity contribution in [2.24, 2.45) is 0 Å². The van der Waals surface area contributed by atoms with Crippen LogP contribution in [0.3, 0.4) is 0 Å². The Morgan fingerprint density at radius 2 is 1.67 bits per heavy atom. The summed E-state index contributed by atoms with van der Waals surface area (Å²) < 4.78 is 5.89. The highest BCUT2D eigenvalue weighted by atomic mass is 16.5. The van der Waals surface area contributed by atoms with E-state index in [9.17, 15) is 0 Å². The van der Waals surface area contributed by atoms with E-state index >= 15 is 0 Å².